The molecule has 11 heteroatoms. The van der Waals surface area contributed by atoms with Crippen molar-refractivity contribution in [3.63, 3.8) is 0 Å². The summed E-state index contributed by atoms with van der Waals surface area (Å²) in [4.78, 5) is 8.67. The van der Waals surface area contributed by atoms with Crippen LogP contribution in [0.5, 0.6) is 0 Å². The Balaban J connectivity index is 1.54. The van der Waals surface area contributed by atoms with Crippen molar-refractivity contribution in [2.75, 3.05) is 25.0 Å². The fraction of sp³-hybridized carbons (Fsp3) is 0.316. The summed E-state index contributed by atoms with van der Waals surface area (Å²) in [6, 6.07) is 8.11. The summed E-state index contributed by atoms with van der Waals surface area (Å²) < 4.78 is 46.5. The van der Waals surface area contributed by atoms with Crippen molar-refractivity contribution < 1.29 is 17.5 Å². The van der Waals surface area contributed by atoms with Gasteiger partial charge < -0.3 is 10.1 Å². The number of nitrogens with one attached hydrogen (secondary N) is 2. The molecule has 9 nitrogen and oxygen atoms in total. The van der Waals surface area contributed by atoms with Crippen molar-refractivity contribution >= 4 is 21.7 Å². The molecule has 1 saturated heterocycles. The molecule has 0 spiro atoms. The fourth-order valence-electron chi connectivity index (χ4n) is 3.35. The predicted octanol–water partition coefficient (Wildman–Crippen LogP) is 2.46. The maximum Gasteiger partial charge on any atom is 0.246 e. The van der Waals surface area contributed by atoms with Gasteiger partial charge in [0, 0.05) is 13.1 Å². The molecule has 0 radical (unpaired) electrons. The van der Waals surface area contributed by atoms with Crippen molar-refractivity contribution in [3.8, 4) is 0 Å². The highest BCUT2D eigenvalue weighted by atomic mass is 32.2. The van der Waals surface area contributed by atoms with Crippen LogP contribution in [0.25, 0.3) is 0 Å². The van der Waals surface area contributed by atoms with Crippen LogP contribution in [0.15, 0.2) is 41.4 Å². The minimum Gasteiger partial charge on any atom is -0.369 e. The molecular weight excluding hydrogens is 411 g/mol. The molecule has 4 heterocycles. The van der Waals surface area contributed by atoms with Gasteiger partial charge in [-0.25, -0.2) is 22.8 Å². The molecule has 0 bridgehead atoms. The molecule has 0 aromatic carbocycles. The lowest BCUT2D eigenvalue weighted by Crippen LogP contribution is -2.42. The second-order valence-electron chi connectivity index (χ2n) is 6.92. The van der Waals surface area contributed by atoms with Crippen LogP contribution in [0.1, 0.15) is 23.2 Å². The number of aryl methyl sites for hydroxylation is 2. The molecule has 4 rings (SSSR count). The number of halogens is 1. The molecule has 0 aliphatic carbocycles. The van der Waals surface area contributed by atoms with Gasteiger partial charge in [-0.15, -0.1) is 0 Å². The zero-order valence-corrected chi connectivity index (χ0v) is 17.3. The lowest BCUT2D eigenvalue weighted by Gasteiger charge is -2.32. The number of hydrogen-bond acceptors (Lipinski definition) is 7. The lowest BCUT2D eigenvalue weighted by molar-refractivity contribution is -0.00488. The van der Waals surface area contributed by atoms with Crippen molar-refractivity contribution in [1.29, 1.82) is 0 Å². The van der Waals surface area contributed by atoms with Gasteiger partial charge in [-0.2, -0.15) is 9.40 Å². The van der Waals surface area contributed by atoms with E-state index in [4.69, 9.17) is 4.74 Å². The summed E-state index contributed by atoms with van der Waals surface area (Å²) in [5.74, 6) is 0.514. The van der Waals surface area contributed by atoms with Gasteiger partial charge in [0.25, 0.3) is 0 Å². The standard InChI is InChI=1S/C19H21FN6O3S/c1-12-19(13(2)25-24-12)30(27,28)26-8-9-29-16(11-26)15-4-3-5-18(22-15)23-17-7-6-14(20)10-21-17/h3-7,10,16H,8-9,11H2,1-2H3,(H,24,25)(H,21,22,23)/t16-/m1/s1. The molecule has 0 unspecified atom stereocenters. The van der Waals surface area contributed by atoms with Gasteiger partial charge in [0.2, 0.25) is 10.0 Å². The summed E-state index contributed by atoms with van der Waals surface area (Å²) in [5.41, 5.74) is 1.53. The van der Waals surface area contributed by atoms with E-state index >= 15 is 0 Å². The summed E-state index contributed by atoms with van der Waals surface area (Å²) in [6.45, 7) is 3.98. The van der Waals surface area contributed by atoms with E-state index in [9.17, 15) is 12.8 Å². The topological polar surface area (TPSA) is 113 Å². The van der Waals surface area contributed by atoms with Gasteiger partial charge in [0.15, 0.2) is 0 Å². The number of H-pyrrole nitrogens is 1. The minimum atomic E-state index is -3.71. The summed E-state index contributed by atoms with van der Waals surface area (Å²) in [7, 11) is -3.71. The summed E-state index contributed by atoms with van der Waals surface area (Å²) in [6.07, 6.45) is 0.586. The van der Waals surface area contributed by atoms with E-state index in [1.54, 1.807) is 32.0 Å². The van der Waals surface area contributed by atoms with E-state index in [0.717, 1.165) is 6.20 Å². The number of nitrogens with zero attached hydrogens (tertiary/aromatic N) is 4. The van der Waals surface area contributed by atoms with Gasteiger partial charge in [0.05, 0.1) is 29.9 Å². The molecule has 0 amide bonds. The van der Waals surface area contributed by atoms with Crippen molar-refractivity contribution in [1.82, 2.24) is 24.5 Å². The molecule has 3 aromatic heterocycles. The third kappa shape index (κ3) is 4.04. The molecule has 30 heavy (non-hydrogen) atoms. The zero-order valence-electron chi connectivity index (χ0n) is 16.5. The van der Waals surface area contributed by atoms with Crippen molar-refractivity contribution in [3.05, 3.63) is 59.4 Å². The number of ether oxygens (including phenoxy) is 1. The number of hydrogen-bond donors (Lipinski definition) is 2. The van der Waals surface area contributed by atoms with Crippen LogP contribution in [0.3, 0.4) is 0 Å². The average molecular weight is 432 g/mol. The zero-order chi connectivity index (χ0) is 21.3. The highest BCUT2D eigenvalue weighted by Crippen LogP contribution is 2.28. The van der Waals surface area contributed by atoms with E-state index in [2.05, 4.69) is 25.5 Å². The van der Waals surface area contributed by atoms with Gasteiger partial charge in [-0.1, -0.05) is 6.07 Å². The number of sulfonamides is 1. The Morgan fingerprint density at radius 1 is 1.23 bits per heavy atom. The van der Waals surface area contributed by atoms with Crippen LogP contribution in [0.4, 0.5) is 16.0 Å². The van der Waals surface area contributed by atoms with Crippen LogP contribution in [-0.2, 0) is 14.8 Å². The number of pyridine rings is 2. The Kier molecular flexibility index (Phi) is 5.50. The first kappa shape index (κ1) is 20.4. The first-order valence-electron chi connectivity index (χ1n) is 9.33. The van der Waals surface area contributed by atoms with Crippen molar-refractivity contribution in [2.24, 2.45) is 0 Å². The smallest absolute Gasteiger partial charge is 0.246 e. The van der Waals surface area contributed by atoms with E-state index in [0.29, 0.717) is 28.7 Å². The molecule has 1 aliphatic rings. The number of aromatic amines is 1. The molecule has 1 aliphatic heterocycles. The number of aromatic nitrogens is 4. The molecular formula is C19H21FN6O3S. The van der Waals surface area contributed by atoms with Crippen molar-refractivity contribution in [2.45, 2.75) is 24.8 Å². The third-order valence-electron chi connectivity index (χ3n) is 4.77. The molecule has 158 valence electrons. The highest BCUT2D eigenvalue weighted by molar-refractivity contribution is 7.89. The first-order chi connectivity index (χ1) is 14.3. The Labute approximate surface area is 173 Å². The lowest BCUT2D eigenvalue weighted by atomic mass is 10.2. The maximum atomic E-state index is 13.1. The number of morpholine rings is 1. The summed E-state index contributed by atoms with van der Waals surface area (Å²) in [5, 5.41) is 9.72. The van der Waals surface area contributed by atoms with Gasteiger partial charge >= 0.3 is 0 Å². The minimum absolute atomic E-state index is 0.137. The Bertz CT molecular complexity index is 1130. The van der Waals surface area contributed by atoms with Crippen LogP contribution in [0, 0.1) is 19.7 Å². The highest BCUT2D eigenvalue weighted by Gasteiger charge is 2.35. The van der Waals surface area contributed by atoms with Crippen LogP contribution >= 0.6 is 0 Å². The average Bonchev–Trinajstić information content (AvgIpc) is 3.09. The Hall–Kier alpha value is -2.89. The second-order valence-corrected chi connectivity index (χ2v) is 8.79. The molecule has 0 saturated carbocycles. The second kappa shape index (κ2) is 8.09. The normalized spacial score (nSPS) is 17.8. The molecule has 1 fully saturated rings. The third-order valence-corrected chi connectivity index (χ3v) is 6.90. The Morgan fingerprint density at radius 2 is 2.07 bits per heavy atom. The Morgan fingerprint density at radius 3 is 2.77 bits per heavy atom. The van der Waals surface area contributed by atoms with Crippen LogP contribution in [0.2, 0.25) is 0 Å². The van der Waals surface area contributed by atoms with E-state index < -0.39 is 21.9 Å². The molecule has 2 N–H and O–H groups in total. The molecule has 1 atom stereocenters. The van der Waals surface area contributed by atoms with Crippen LogP contribution < -0.4 is 5.32 Å². The largest absolute Gasteiger partial charge is 0.369 e. The quantitative estimate of drug-likeness (QED) is 0.637. The van der Waals surface area contributed by atoms with Crippen LogP contribution in [-0.4, -0.2) is 52.6 Å². The first-order valence-corrected chi connectivity index (χ1v) is 10.8. The fourth-order valence-corrected chi connectivity index (χ4v) is 5.11. The monoisotopic (exact) mass is 432 g/mol. The van der Waals surface area contributed by atoms with E-state index in [1.807, 2.05) is 0 Å². The number of rotatable bonds is 5. The summed E-state index contributed by atoms with van der Waals surface area (Å²) >= 11 is 0. The predicted molar refractivity (Wildman–Crippen MR) is 107 cm³/mol. The van der Waals surface area contributed by atoms with Gasteiger partial charge in [-0.3, -0.25) is 5.10 Å². The number of anilines is 2. The maximum absolute atomic E-state index is 13.1. The molecule has 3 aromatic rings. The van der Waals surface area contributed by atoms with E-state index in [-0.39, 0.29) is 24.6 Å². The van der Waals surface area contributed by atoms with Gasteiger partial charge in [-0.05, 0) is 38.1 Å². The van der Waals surface area contributed by atoms with E-state index in [1.165, 1.54) is 16.4 Å². The van der Waals surface area contributed by atoms with Gasteiger partial charge in [0.1, 0.15) is 28.5 Å². The SMILES string of the molecule is Cc1n[nH]c(C)c1S(=O)(=O)N1CCO[C@@H](c2cccc(Nc3ccc(F)cn3)n2)C1.